The van der Waals surface area contributed by atoms with Crippen LogP contribution in [0.1, 0.15) is 82.3 Å². The minimum atomic E-state index is -1.15. The molecule has 9 nitrogen and oxygen atoms in total. The van der Waals surface area contributed by atoms with E-state index < -0.39 is 12.7 Å². The van der Waals surface area contributed by atoms with Gasteiger partial charge in [-0.05, 0) is 55.9 Å². The molecule has 3 heterocycles. The number of nitrogens with one attached hydrogen (secondary N) is 1. The van der Waals surface area contributed by atoms with Crippen LogP contribution in [0.2, 0.25) is 0 Å². The Morgan fingerprint density at radius 2 is 1.82 bits per heavy atom. The number of hydrogen-bond acceptors (Lipinski definition) is 8. The minimum absolute atomic E-state index is 0.0395. The summed E-state index contributed by atoms with van der Waals surface area (Å²) in [7, 11) is 0. The molecule has 3 aromatic rings. The van der Waals surface area contributed by atoms with Crippen LogP contribution in [-0.4, -0.2) is 62.1 Å². The first-order chi connectivity index (χ1) is 19.5. The fourth-order valence-corrected chi connectivity index (χ4v) is 6.60. The third-order valence-corrected chi connectivity index (χ3v) is 9.44. The van der Waals surface area contributed by atoms with Crippen molar-refractivity contribution in [1.29, 1.82) is 0 Å². The van der Waals surface area contributed by atoms with Gasteiger partial charge in [0.25, 0.3) is 0 Å². The van der Waals surface area contributed by atoms with Crippen molar-refractivity contribution in [2.75, 3.05) is 36.6 Å². The van der Waals surface area contributed by atoms with Gasteiger partial charge in [-0.1, -0.05) is 56.5 Å². The number of rotatable bonds is 9. The summed E-state index contributed by atoms with van der Waals surface area (Å²) in [4.78, 5) is 17.1. The molecule has 3 atom stereocenters. The number of benzene rings is 1. The number of morpholine rings is 1. The maximum atomic E-state index is 10.6. The van der Waals surface area contributed by atoms with E-state index in [4.69, 9.17) is 19.7 Å². The summed E-state index contributed by atoms with van der Waals surface area (Å²) in [6, 6.07) is 10.8. The summed E-state index contributed by atoms with van der Waals surface area (Å²) in [6.45, 7) is 6.96. The van der Waals surface area contributed by atoms with Crippen LogP contribution in [0, 0.1) is 17.8 Å². The molecule has 1 unspecified atom stereocenters. The van der Waals surface area contributed by atoms with Crippen LogP contribution in [-0.2, 0) is 11.3 Å². The van der Waals surface area contributed by atoms with Crippen LogP contribution in [0.4, 0.5) is 11.8 Å². The lowest BCUT2D eigenvalue weighted by Gasteiger charge is -2.37. The highest BCUT2D eigenvalue weighted by atomic mass is 16.5. The van der Waals surface area contributed by atoms with E-state index in [9.17, 15) is 10.2 Å². The fourth-order valence-electron chi connectivity index (χ4n) is 6.60. The molecule has 0 radical (unpaired) electrons. The van der Waals surface area contributed by atoms with Crippen LogP contribution in [0.3, 0.4) is 0 Å². The zero-order valence-electron chi connectivity index (χ0n) is 23.9. The Bertz CT molecular complexity index is 1270. The second kappa shape index (κ2) is 12.0. The molecular formula is C31H44N6O3. The lowest BCUT2D eigenvalue weighted by Crippen LogP contribution is -2.41. The predicted octanol–water partition coefficient (Wildman–Crippen LogP) is 4.86. The highest BCUT2D eigenvalue weighted by Crippen LogP contribution is 2.38. The highest BCUT2D eigenvalue weighted by Gasteiger charge is 2.33. The van der Waals surface area contributed by atoms with Crippen LogP contribution >= 0.6 is 0 Å². The van der Waals surface area contributed by atoms with Gasteiger partial charge in [-0.2, -0.15) is 4.98 Å². The molecule has 3 N–H and O–H groups in total. The average Bonchev–Trinajstić information content (AvgIpc) is 3.31. The Morgan fingerprint density at radius 3 is 2.52 bits per heavy atom. The number of hydrogen-bond donors (Lipinski definition) is 3. The number of ether oxygens (including phenoxy) is 1. The molecule has 2 aromatic heterocycles. The molecule has 2 aliphatic carbocycles. The largest absolute Gasteiger partial charge is 0.393 e. The zero-order valence-corrected chi connectivity index (χ0v) is 23.9. The van der Waals surface area contributed by atoms with Gasteiger partial charge >= 0.3 is 0 Å². The van der Waals surface area contributed by atoms with Gasteiger partial charge in [-0.3, -0.25) is 0 Å². The van der Waals surface area contributed by atoms with E-state index in [1.54, 1.807) is 0 Å². The van der Waals surface area contributed by atoms with Crippen molar-refractivity contribution in [1.82, 2.24) is 19.5 Å². The third-order valence-electron chi connectivity index (χ3n) is 9.44. The van der Waals surface area contributed by atoms with Gasteiger partial charge in [0.15, 0.2) is 17.3 Å². The molecule has 9 heteroatoms. The average molecular weight is 549 g/mol. The van der Waals surface area contributed by atoms with Crippen molar-refractivity contribution >= 4 is 22.9 Å². The highest BCUT2D eigenvalue weighted by molar-refractivity contribution is 5.86. The predicted molar refractivity (Wildman–Crippen MR) is 156 cm³/mol. The summed E-state index contributed by atoms with van der Waals surface area (Å²) < 4.78 is 8.32. The number of aliphatic hydroxyl groups excluding tert-OH is 2. The van der Waals surface area contributed by atoms with E-state index in [1.165, 1.54) is 50.5 Å². The second-order valence-electron chi connectivity index (χ2n) is 12.3. The Kier molecular flexibility index (Phi) is 8.23. The summed E-state index contributed by atoms with van der Waals surface area (Å²) in [6.07, 6.45) is 7.46. The van der Waals surface area contributed by atoms with Gasteiger partial charge in [0.1, 0.15) is 11.6 Å². The number of anilines is 2. The normalized spacial score (nSPS) is 25.5. The minimum Gasteiger partial charge on any atom is -0.393 e. The first kappa shape index (κ1) is 27.4. The van der Waals surface area contributed by atoms with Crippen molar-refractivity contribution in [3.05, 3.63) is 41.7 Å². The molecule has 3 aliphatic rings. The zero-order chi connectivity index (χ0) is 27.6. The van der Waals surface area contributed by atoms with Crippen molar-refractivity contribution in [3.8, 4) is 0 Å². The van der Waals surface area contributed by atoms with Gasteiger partial charge < -0.3 is 29.7 Å². The monoisotopic (exact) mass is 548 g/mol. The number of fused-ring (bicyclic) bond motifs is 1. The number of aliphatic hydroxyl groups is 2. The Balaban J connectivity index is 1.48. The van der Waals surface area contributed by atoms with E-state index >= 15 is 0 Å². The van der Waals surface area contributed by atoms with Crippen LogP contribution in [0.25, 0.3) is 11.2 Å². The smallest absolute Gasteiger partial charge is 0.208 e. The van der Waals surface area contributed by atoms with E-state index in [0.717, 1.165) is 30.5 Å². The summed E-state index contributed by atoms with van der Waals surface area (Å²) in [5.41, 5.74) is 2.66. The quantitative estimate of drug-likeness (QED) is 0.348. The van der Waals surface area contributed by atoms with Gasteiger partial charge in [-0.25, -0.2) is 9.97 Å². The van der Waals surface area contributed by atoms with Crippen molar-refractivity contribution in [2.24, 2.45) is 17.8 Å². The molecule has 40 heavy (non-hydrogen) atoms. The standard InChI is InChI=1S/C31H44N6O3/c1-20-11-13-22(14-12-20)17-37-27-29(32-21(2)23-9-6-10-23)33-28(26(39)18-38)34-30(27)35-31(37)36-15-16-40-19-25(36)24-7-4-3-5-8-24/h3-5,7-8,20-23,25-26,38-39H,6,9-19H2,1-2H3,(H,32,33,34)/t20?,21-,22?,25+,26?/m1/s1. The summed E-state index contributed by atoms with van der Waals surface area (Å²) >= 11 is 0. The van der Waals surface area contributed by atoms with E-state index in [0.29, 0.717) is 36.5 Å². The van der Waals surface area contributed by atoms with Gasteiger partial charge in [0, 0.05) is 19.1 Å². The van der Waals surface area contributed by atoms with E-state index in [1.807, 2.05) is 6.07 Å². The third kappa shape index (κ3) is 5.56. The second-order valence-corrected chi connectivity index (χ2v) is 12.3. The maximum absolute atomic E-state index is 10.6. The summed E-state index contributed by atoms with van der Waals surface area (Å²) in [5, 5.41) is 24.0. The molecule has 6 rings (SSSR count). The topological polar surface area (TPSA) is 109 Å². The molecule has 0 bridgehead atoms. The van der Waals surface area contributed by atoms with E-state index in [-0.39, 0.29) is 17.9 Å². The van der Waals surface area contributed by atoms with E-state index in [2.05, 4.69) is 52.9 Å². The summed E-state index contributed by atoms with van der Waals surface area (Å²) in [5.74, 6) is 3.75. The lowest BCUT2D eigenvalue weighted by molar-refractivity contribution is 0.0889. The number of nitrogens with zero attached hydrogens (tertiary/aromatic N) is 5. The molecule has 0 amide bonds. The van der Waals surface area contributed by atoms with Gasteiger partial charge in [0.05, 0.1) is 25.9 Å². The van der Waals surface area contributed by atoms with Crippen LogP contribution in [0.5, 0.6) is 0 Å². The Hall–Kier alpha value is -2.75. The first-order valence-corrected chi connectivity index (χ1v) is 15.2. The molecule has 216 valence electrons. The molecule has 1 aliphatic heterocycles. The molecule has 1 saturated heterocycles. The fraction of sp³-hybridized carbons (Fsp3) is 0.645. The first-order valence-electron chi connectivity index (χ1n) is 15.2. The molecule has 1 aromatic carbocycles. The lowest BCUT2D eigenvalue weighted by atomic mass is 9.80. The van der Waals surface area contributed by atoms with Crippen molar-refractivity contribution in [2.45, 2.75) is 83.5 Å². The molecule has 0 spiro atoms. The van der Waals surface area contributed by atoms with Crippen LogP contribution in [0.15, 0.2) is 30.3 Å². The Labute approximate surface area is 237 Å². The van der Waals surface area contributed by atoms with Crippen molar-refractivity contribution < 1.29 is 14.9 Å². The molecular weight excluding hydrogens is 504 g/mol. The van der Waals surface area contributed by atoms with Gasteiger partial charge in [-0.15, -0.1) is 0 Å². The Morgan fingerprint density at radius 1 is 1.05 bits per heavy atom. The van der Waals surface area contributed by atoms with Gasteiger partial charge in [0.2, 0.25) is 5.95 Å². The maximum Gasteiger partial charge on any atom is 0.208 e. The number of aromatic nitrogens is 4. The SMILES string of the molecule is CC1CCC(Cn2c(N3CCOC[C@H]3c3ccccc3)nc3nc(C(O)CO)nc(N[C@H](C)C4CCC4)c32)CC1. The molecule has 2 saturated carbocycles. The van der Waals surface area contributed by atoms with Crippen molar-refractivity contribution in [3.63, 3.8) is 0 Å². The van der Waals surface area contributed by atoms with Crippen LogP contribution < -0.4 is 10.2 Å². The number of imidazole rings is 1. The molecule has 3 fully saturated rings.